The molecule has 2 aromatic carbocycles. The Kier molecular flexibility index (Phi) is 3.25. The Morgan fingerprint density at radius 3 is 2.35 bits per heavy atom. The molecule has 0 saturated carbocycles. The average molecular weight is 230 g/mol. The summed E-state index contributed by atoms with van der Waals surface area (Å²) in [4.78, 5) is 0. The highest BCUT2D eigenvalue weighted by atomic mass is 19.1. The van der Waals surface area contributed by atoms with Gasteiger partial charge in [0, 0.05) is 0 Å². The molecule has 0 radical (unpaired) electrons. The lowest BCUT2D eigenvalue weighted by molar-refractivity contribution is 0.219. The molecule has 0 aliphatic heterocycles. The van der Waals surface area contributed by atoms with E-state index in [9.17, 15) is 9.50 Å². The van der Waals surface area contributed by atoms with E-state index in [1.807, 2.05) is 31.2 Å². The van der Waals surface area contributed by atoms with Gasteiger partial charge in [0.1, 0.15) is 11.9 Å². The monoisotopic (exact) mass is 230 g/mol. The molecule has 2 heteroatoms. The van der Waals surface area contributed by atoms with Crippen LogP contribution in [0.15, 0.2) is 42.5 Å². The molecule has 88 valence electrons. The van der Waals surface area contributed by atoms with Gasteiger partial charge in [-0.3, -0.25) is 0 Å². The molecule has 0 amide bonds. The smallest absolute Gasteiger partial charge is 0.126 e. The Hall–Kier alpha value is -1.67. The van der Waals surface area contributed by atoms with Gasteiger partial charge in [-0.2, -0.15) is 0 Å². The van der Waals surface area contributed by atoms with Crippen molar-refractivity contribution < 1.29 is 9.50 Å². The normalized spacial score (nSPS) is 12.5. The molecule has 17 heavy (non-hydrogen) atoms. The van der Waals surface area contributed by atoms with Crippen LogP contribution in [-0.2, 0) is 0 Å². The molecule has 1 unspecified atom stereocenters. The lowest BCUT2D eigenvalue weighted by atomic mass is 9.99. The largest absolute Gasteiger partial charge is 0.384 e. The second-order valence-corrected chi connectivity index (χ2v) is 4.33. The maximum atomic E-state index is 13.4. The molecular weight excluding hydrogens is 215 g/mol. The fraction of sp³-hybridized carbons (Fsp3) is 0.200. The van der Waals surface area contributed by atoms with Crippen LogP contribution in [0.5, 0.6) is 0 Å². The second kappa shape index (κ2) is 4.68. The minimum absolute atomic E-state index is 0.283. The van der Waals surface area contributed by atoms with Gasteiger partial charge >= 0.3 is 0 Å². The quantitative estimate of drug-likeness (QED) is 0.836. The minimum Gasteiger partial charge on any atom is -0.384 e. The third-order valence-electron chi connectivity index (χ3n) is 2.87. The standard InChI is InChI=1S/C15H15FO/c1-10-4-3-5-12(8-10)15(17)13-7-6-11(2)14(16)9-13/h3-9,15,17H,1-2H3. The van der Waals surface area contributed by atoms with E-state index in [0.717, 1.165) is 11.1 Å². The van der Waals surface area contributed by atoms with Crippen molar-refractivity contribution in [2.75, 3.05) is 0 Å². The molecule has 1 atom stereocenters. The van der Waals surface area contributed by atoms with Gasteiger partial charge in [0.25, 0.3) is 0 Å². The van der Waals surface area contributed by atoms with Gasteiger partial charge in [0.2, 0.25) is 0 Å². The fourth-order valence-corrected chi connectivity index (χ4v) is 1.81. The fourth-order valence-electron chi connectivity index (χ4n) is 1.81. The van der Waals surface area contributed by atoms with Crippen LogP contribution in [0.3, 0.4) is 0 Å². The van der Waals surface area contributed by atoms with Crippen LogP contribution < -0.4 is 0 Å². The first-order chi connectivity index (χ1) is 8.08. The maximum absolute atomic E-state index is 13.4. The van der Waals surface area contributed by atoms with Crippen molar-refractivity contribution in [3.05, 3.63) is 70.5 Å². The summed E-state index contributed by atoms with van der Waals surface area (Å²) in [6.07, 6.45) is -0.773. The van der Waals surface area contributed by atoms with Gasteiger partial charge in [-0.15, -0.1) is 0 Å². The Morgan fingerprint density at radius 2 is 1.71 bits per heavy atom. The van der Waals surface area contributed by atoms with Crippen LogP contribution in [0.25, 0.3) is 0 Å². The number of aliphatic hydroxyl groups excluding tert-OH is 1. The molecule has 1 N–H and O–H groups in total. The van der Waals surface area contributed by atoms with Gasteiger partial charge in [-0.05, 0) is 36.6 Å². The van der Waals surface area contributed by atoms with Crippen molar-refractivity contribution in [1.29, 1.82) is 0 Å². The van der Waals surface area contributed by atoms with Gasteiger partial charge in [0.05, 0.1) is 0 Å². The summed E-state index contributed by atoms with van der Waals surface area (Å²) in [5, 5.41) is 10.2. The lowest BCUT2D eigenvalue weighted by Crippen LogP contribution is -2.01. The SMILES string of the molecule is Cc1cccc(C(O)c2ccc(C)c(F)c2)c1. The molecule has 0 spiro atoms. The Morgan fingerprint density at radius 1 is 1.00 bits per heavy atom. The van der Waals surface area contributed by atoms with E-state index < -0.39 is 6.10 Å². The van der Waals surface area contributed by atoms with E-state index in [2.05, 4.69) is 0 Å². The van der Waals surface area contributed by atoms with Crippen LogP contribution in [0.4, 0.5) is 4.39 Å². The molecule has 2 rings (SSSR count). The van der Waals surface area contributed by atoms with Gasteiger partial charge in [0.15, 0.2) is 0 Å². The van der Waals surface area contributed by atoms with E-state index >= 15 is 0 Å². The van der Waals surface area contributed by atoms with Crippen LogP contribution >= 0.6 is 0 Å². The molecule has 0 aliphatic rings. The molecule has 1 nitrogen and oxygen atoms in total. The average Bonchev–Trinajstić information content (AvgIpc) is 2.32. The summed E-state index contributed by atoms with van der Waals surface area (Å²) in [5.41, 5.74) is 3.03. The first-order valence-electron chi connectivity index (χ1n) is 5.58. The molecule has 0 bridgehead atoms. The number of aryl methyl sites for hydroxylation is 2. The van der Waals surface area contributed by atoms with E-state index in [0.29, 0.717) is 11.1 Å². The summed E-state index contributed by atoms with van der Waals surface area (Å²) in [6.45, 7) is 3.67. The van der Waals surface area contributed by atoms with Crippen molar-refractivity contribution in [3.63, 3.8) is 0 Å². The van der Waals surface area contributed by atoms with Crippen molar-refractivity contribution in [1.82, 2.24) is 0 Å². The zero-order chi connectivity index (χ0) is 12.4. The van der Waals surface area contributed by atoms with Gasteiger partial charge in [-0.25, -0.2) is 4.39 Å². The first-order valence-corrected chi connectivity index (χ1v) is 5.58. The number of aliphatic hydroxyl groups is 1. The zero-order valence-electron chi connectivity index (χ0n) is 9.94. The number of benzene rings is 2. The van der Waals surface area contributed by atoms with Crippen molar-refractivity contribution in [3.8, 4) is 0 Å². The molecule has 0 heterocycles. The van der Waals surface area contributed by atoms with E-state index in [-0.39, 0.29) is 5.82 Å². The highest BCUT2D eigenvalue weighted by molar-refractivity contribution is 5.34. The predicted molar refractivity (Wildman–Crippen MR) is 66.4 cm³/mol. The van der Waals surface area contributed by atoms with Crippen molar-refractivity contribution >= 4 is 0 Å². The highest BCUT2D eigenvalue weighted by Crippen LogP contribution is 2.24. The van der Waals surface area contributed by atoms with Crippen LogP contribution in [-0.4, -0.2) is 5.11 Å². The molecular formula is C15H15FO. The first kappa shape index (κ1) is 11.8. The topological polar surface area (TPSA) is 20.2 Å². The Bertz CT molecular complexity index is 534. The lowest BCUT2D eigenvalue weighted by Gasteiger charge is -2.12. The molecule has 2 aromatic rings. The number of halogens is 1. The van der Waals surface area contributed by atoms with Crippen LogP contribution in [0, 0.1) is 19.7 Å². The Labute approximate surface area is 101 Å². The van der Waals surface area contributed by atoms with E-state index in [1.165, 1.54) is 6.07 Å². The summed E-state index contributed by atoms with van der Waals surface area (Å²) in [6, 6.07) is 12.4. The second-order valence-electron chi connectivity index (χ2n) is 4.33. The van der Waals surface area contributed by atoms with Gasteiger partial charge < -0.3 is 5.11 Å². The molecule has 0 saturated heterocycles. The van der Waals surface area contributed by atoms with E-state index in [4.69, 9.17) is 0 Å². The van der Waals surface area contributed by atoms with Crippen molar-refractivity contribution in [2.45, 2.75) is 20.0 Å². The maximum Gasteiger partial charge on any atom is 0.126 e. The van der Waals surface area contributed by atoms with Crippen LogP contribution in [0.2, 0.25) is 0 Å². The summed E-state index contributed by atoms with van der Waals surface area (Å²) < 4.78 is 13.4. The third-order valence-corrected chi connectivity index (χ3v) is 2.87. The number of rotatable bonds is 2. The van der Waals surface area contributed by atoms with Gasteiger partial charge in [-0.1, -0.05) is 42.0 Å². The molecule has 0 aliphatic carbocycles. The number of hydrogen-bond acceptors (Lipinski definition) is 1. The Balaban J connectivity index is 2.36. The summed E-state index contributed by atoms with van der Waals surface area (Å²) in [5.74, 6) is -0.283. The summed E-state index contributed by atoms with van der Waals surface area (Å²) in [7, 11) is 0. The van der Waals surface area contributed by atoms with Crippen LogP contribution in [0.1, 0.15) is 28.4 Å². The zero-order valence-corrected chi connectivity index (χ0v) is 9.94. The third kappa shape index (κ3) is 2.53. The van der Waals surface area contributed by atoms with E-state index in [1.54, 1.807) is 19.1 Å². The predicted octanol–water partition coefficient (Wildman–Crippen LogP) is 3.52. The van der Waals surface area contributed by atoms with Crippen molar-refractivity contribution in [2.24, 2.45) is 0 Å². The summed E-state index contributed by atoms with van der Waals surface area (Å²) >= 11 is 0. The number of hydrogen-bond donors (Lipinski definition) is 1. The molecule has 0 fully saturated rings. The molecule has 0 aromatic heterocycles. The minimum atomic E-state index is -0.773. The highest BCUT2D eigenvalue weighted by Gasteiger charge is 2.11.